The molecule has 0 radical (unpaired) electrons. The fourth-order valence-corrected chi connectivity index (χ4v) is 3.28. The molecule has 0 spiro atoms. The second kappa shape index (κ2) is 6.18. The van der Waals surface area contributed by atoms with Crippen molar-refractivity contribution in [2.75, 3.05) is 0 Å². The number of ketones is 1. The van der Waals surface area contributed by atoms with Crippen LogP contribution in [0.4, 0.5) is 0 Å². The van der Waals surface area contributed by atoms with Crippen molar-refractivity contribution in [3.05, 3.63) is 33.3 Å². The minimum Gasteiger partial charge on any atom is -0.327 e. The van der Waals surface area contributed by atoms with E-state index in [4.69, 9.17) is 17.3 Å². The van der Waals surface area contributed by atoms with Gasteiger partial charge in [-0.1, -0.05) is 46.4 Å². The Labute approximate surface area is 121 Å². The molecule has 2 atom stereocenters. The summed E-state index contributed by atoms with van der Waals surface area (Å²) in [6, 6.07) is 5.67. The van der Waals surface area contributed by atoms with Gasteiger partial charge in [0.25, 0.3) is 0 Å². The van der Waals surface area contributed by atoms with Crippen LogP contribution in [0.5, 0.6) is 0 Å². The summed E-state index contributed by atoms with van der Waals surface area (Å²) in [5, 5.41) is 0.641. The van der Waals surface area contributed by atoms with Crippen LogP contribution >= 0.6 is 27.5 Å². The highest BCUT2D eigenvalue weighted by Crippen LogP contribution is 2.27. The third-order valence-electron chi connectivity index (χ3n) is 3.61. The minimum absolute atomic E-state index is 0.0125. The molecule has 1 aliphatic carbocycles. The molecular formula is C14H17BrClNO. The van der Waals surface area contributed by atoms with Crippen molar-refractivity contribution in [2.24, 2.45) is 11.7 Å². The normalized spacial score (nSPS) is 23.9. The lowest BCUT2D eigenvalue weighted by Crippen LogP contribution is -2.38. The van der Waals surface area contributed by atoms with E-state index in [1.54, 1.807) is 0 Å². The molecule has 1 aromatic rings. The van der Waals surface area contributed by atoms with E-state index in [0.717, 1.165) is 35.7 Å². The maximum absolute atomic E-state index is 12.3. The first-order valence-corrected chi connectivity index (χ1v) is 7.47. The fraction of sp³-hybridized carbons (Fsp3) is 0.500. The second-order valence-electron chi connectivity index (χ2n) is 4.93. The van der Waals surface area contributed by atoms with E-state index in [9.17, 15) is 4.79 Å². The summed E-state index contributed by atoms with van der Waals surface area (Å²) >= 11 is 9.49. The largest absolute Gasteiger partial charge is 0.327 e. The summed E-state index contributed by atoms with van der Waals surface area (Å²) in [6.07, 6.45) is 4.53. The molecule has 2 unspecified atom stereocenters. The lowest BCUT2D eigenvalue weighted by molar-refractivity contribution is -0.123. The van der Waals surface area contributed by atoms with Crippen LogP contribution in [0.25, 0.3) is 0 Å². The first-order valence-electron chi connectivity index (χ1n) is 6.30. The summed E-state index contributed by atoms with van der Waals surface area (Å²) in [6.45, 7) is 0. The van der Waals surface area contributed by atoms with Gasteiger partial charge in [0, 0.05) is 27.9 Å². The zero-order valence-corrected chi connectivity index (χ0v) is 12.5. The Kier molecular flexibility index (Phi) is 4.82. The van der Waals surface area contributed by atoms with Gasteiger partial charge in [-0.2, -0.15) is 0 Å². The van der Waals surface area contributed by atoms with Gasteiger partial charge in [-0.3, -0.25) is 4.79 Å². The summed E-state index contributed by atoms with van der Waals surface area (Å²) in [5.74, 6) is 0.241. The lowest BCUT2D eigenvalue weighted by Gasteiger charge is -2.27. The zero-order valence-electron chi connectivity index (χ0n) is 10.2. The van der Waals surface area contributed by atoms with Crippen LogP contribution in [0, 0.1) is 5.92 Å². The van der Waals surface area contributed by atoms with Crippen LogP contribution < -0.4 is 5.73 Å². The first-order chi connectivity index (χ1) is 8.58. The van der Waals surface area contributed by atoms with E-state index in [0.29, 0.717) is 11.4 Å². The Morgan fingerprint density at radius 1 is 1.39 bits per heavy atom. The van der Waals surface area contributed by atoms with Crippen molar-refractivity contribution in [3.63, 3.8) is 0 Å². The number of rotatable bonds is 3. The van der Waals surface area contributed by atoms with Crippen LogP contribution in [0.3, 0.4) is 0 Å². The number of carbonyl (C=O) groups excluding carboxylic acids is 1. The van der Waals surface area contributed by atoms with Crippen molar-refractivity contribution < 1.29 is 4.79 Å². The van der Waals surface area contributed by atoms with E-state index < -0.39 is 0 Å². The van der Waals surface area contributed by atoms with Crippen molar-refractivity contribution in [1.82, 2.24) is 0 Å². The van der Waals surface area contributed by atoms with E-state index in [-0.39, 0.29) is 17.7 Å². The average Bonchev–Trinajstić information content (AvgIpc) is 2.33. The first kappa shape index (κ1) is 14.0. The molecule has 0 saturated heterocycles. The highest BCUT2D eigenvalue weighted by Gasteiger charge is 2.28. The molecule has 1 saturated carbocycles. The molecular weight excluding hydrogens is 314 g/mol. The van der Waals surface area contributed by atoms with Crippen molar-refractivity contribution in [3.8, 4) is 0 Å². The summed E-state index contributed by atoms with van der Waals surface area (Å²) in [7, 11) is 0. The van der Waals surface area contributed by atoms with Crippen LogP contribution in [-0.2, 0) is 11.2 Å². The molecule has 2 nitrogen and oxygen atoms in total. The molecule has 0 aliphatic heterocycles. The Bertz CT molecular complexity index is 449. The number of carbonyl (C=O) groups is 1. The Morgan fingerprint density at radius 2 is 2.11 bits per heavy atom. The molecule has 4 heteroatoms. The van der Waals surface area contributed by atoms with Gasteiger partial charge in [-0.05, 0) is 30.5 Å². The highest BCUT2D eigenvalue weighted by atomic mass is 79.9. The lowest BCUT2D eigenvalue weighted by atomic mass is 9.81. The van der Waals surface area contributed by atoms with Gasteiger partial charge in [0.1, 0.15) is 5.78 Å². The van der Waals surface area contributed by atoms with Crippen LogP contribution in [0.1, 0.15) is 31.2 Å². The molecule has 1 aliphatic rings. The van der Waals surface area contributed by atoms with E-state index >= 15 is 0 Å². The smallest absolute Gasteiger partial charge is 0.141 e. The van der Waals surface area contributed by atoms with Crippen molar-refractivity contribution in [2.45, 2.75) is 38.1 Å². The monoisotopic (exact) mass is 329 g/mol. The Hall–Kier alpha value is -0.380. The number of benzene rings is 1. The third-order valence-corrected chi connectivity index (χ3v) is 4.46. The average molecular weight is 331 g/mol. The highest BCUT2D eigenvalue weighted by molar-refractivity contribution is 9.10. The van der Waals surface area contributed by atoms with Gasteiger partial charge in [-0.15, -0.1) is 0 Å². The van der Waals surface area contributed by atoms with Gasteiger partial charge in [0.15, 0.2) is 0 Å². The SMILES string of the molecule is NC1CCCCC1C(=O)Cc1ccc(Br)cc1Cl. The Balaban J connectivity index is 2.06. The fourth-order valence-electron chi connectivity index (χ4n) is 2.54. The quantitative estimate of drug-likeness (QED) is 0.917. The molecule has 0 heterocycles. The van der Waals surface area contributed by atoms with E-state index in [1.165, 1.54) is 0 Å². The van der Waals surface area contributed by atoms with Gasteiger partial charge in [0.2, 0.25) is 0 Å². The van der Waals surface area contributed by atoms with Crippen LogP contribution in [0.2, 0.25) is 5.02 Å². The van der Waals surface area contributed by atoms with Crippen molar-refractivity contribution >= 4 is 33.3 Å². The Morgan fingerprint density at radius 3 is 2.78 bits per heavy atom. The maximum atomic E-state index is 12.3. The summed E-state index contributed by atoms with van der Waals surface area (Å²) in [4.78, 5) is 12.3. The molecule has 2 N–H and O–H groups in total. The van der Waals surface area contributed by atoms with Gasteiger partial charge < -0.3 is 5.73 Å². The van der Waals surface area contributed by atoms with E-state index in [1.807, 2.05) is 18.2 Å². The molecule has 0 bridgehead atoms. The molecule has 0 aromatic heterocycles. The van der Waals surface area contributed by atoms with Crippen LogP contribution in [0.15, 0.2) is 22.7 Å². The number of Topliss-reactive ketones (excluding diaryl/α,β-unsaturated/α-hetero) is 1. The predicted octanol–water partition coefficient (Wildman–Crippen LogP) is 3.73. The molecule has 2 rings (SSSR count). The van der Waals surface area contributed by atoms with Gasteiger partial charge in [0.05, 0.1) is 0 Å². The minimum atomic E-state index is 0.0125. The van der Waals surface area contributed by atoms with E-state index in [2.05, 4.69) is 15.9 Å². The number of halogens is 2. The van der Waals surface area contributed by atoms with Gasteiger partial charge >= 0.3 is 0 Å². The topological polar surface area (TPSA) is 43.1 Å². The number of hydrogen-bond acceptors (Lipinski definition) is 2. The molecule has 98 valence electrons. The summed E-state index contributed by atoms with van der Waals surface area (Å²) < 4.78 is 0.929. The molecule has 1 fully saturated rings. The number of nitrogens with two attached hydrogens (primary N) is 1. The second-order valence-corrected chi connectivity index (χ2v) is 6.26. The molecule has 1 aromatic carbocycles. The zero-order chi connectivity index (χ0) is 13.1. The van der Waals surface area contributed by atoms with Gasteiger partial charge in [-0.25, -0.2) is 0 Å². The van der Waals surface area contributed by atoms with Crippen LogP contribution in [-0.4, -0.2) is 11.8 Å². The number of hydrogen-bond donors (Lipinski definition) is 1. The maximum Gasteiger partial charge on any atom is 0.141 e. The summed E-state index contributed by atoms with van der Waals surface area (Å²) in [5.41, 5.74) is 6.93. The predicted molar refractivity (Wildman–Crippen MR) is 77.8 cm³/mol. The third kappa shape index (κ3) is 3.34. The standard InChI is InChI=1S/C14H17BrClNO/c15-10-6-5-9(12(16)8-10)7-14(18)11-3-1-2-4-13(11)17/h5-6,8,11,13H,1-4,7,17H2. The molecule has 18 heavy (non-hydrogen) atoms. The molecule has 0 amide bonds. The van der Waals surface area contributed by atoms with Crippen molar-refractivity contribution in [1.29, 1.82) is 0 Å².